The topological polar surface area (TPSA) is 61.4 Å². The first-order chi connectivity index (χ1) is 10.5. The van der Waals surface area contributed by atoms with Crippen LogP contribution in [0.25, 0.3) is 0 Å². The minimum atomic E-state index is -1.17. The first kappa shape index (κ1) is 15.9. The van der Waals surface area contributed by atoms with Crippen LogP contribution in [0.4, 0.5) is 19.3 Å². The highest BCUT2D eigenvalue weighted by atomic mass is 19.1. The number of amides is 2. The van der Waals surface area contributed by atoms with Gasteiger partial charge in [-0.05, 0) is 30.7 Å². The van der Waals surface area contributed by atoms with Crippen LogP contribution in [0.1, 0.15) is 17.2 Å². The molecule has 0 aliphatic carbocycles. The number of rotatable bonds is 4. The highest BCUT2D eigenvalue weighted by Crippen LogP contribution is 2.16. The maximum atomic E-state index is 13.5. The molecule has 3 N–H and O–H groups in total. The molecule has 2 rings (SSSR count). The molecule has 0 bridgehead atoms. The van der Waals surface area contributed by atoms with Crippen LogP contribution in [-0.2, 0) is 0 Å². The van der Waals surface area contributed by atoms with Gasteiger partial charge in [-0.3, -0.25) is 0 Å². The Morgan fingerprint density at radius 1 is 1.18 bits per heavy atom. The summed E-state index contributed by atoms with van der Waals surface area (Å²) < 4.78 is 26.8. The Balaban J connectivity index is 1.90. The lowest BCUT2D eigenvalue weighted by molar-refractivity contribution is 0.170. The lowest BCUT2D eigenvalue weighted by atomic mass is 10.1. The highest BCUT2D eigenvalue weighted by Gasteiger charge is 2.13. The van der Waals surface area contributed by atoms with E-state index < -0.39 is 23.8 Å². The van der Waals surface area contributed by atoms with Crippen molar-refractivity contribution in [1.82, 2.24) is 5.32 Å². The Kier molecular flexibility index (Phi) is 5.06. The number of hydrogen-bond donors (Lipinski definition) is 3. The lowest BCUT2D eigenvalue weighted by Crippen LogP contribution is -2.32. The number of urea groups is 1. The number of nitrogens with one attached hydrogen (secondary N) is 2. The molecule has 0 aliphatic rings. The van der Waals surface area contributed by atoms with Gasteiger partial charge in [-0.2, -0.15) is 0 Å². The van der Waals surface area contributed by atoms with Gasteiger partial charge in [-0.15, -0.1) is 0 Å². The van der Waals surface area contributed by atoms with E-state index in [-0.39, 0.29) is 12.1 Å². The van der Waals surface area contributed by atoms with E-state index >= 15 is 0 Å². The number of aryl methyl sites for hydroxylation is 1. The largest absolute Gasteiger partial charge is 0.386 e. The van der Waals surface area contributed by atoms with E-state index in [1.807, 2.05) is 0 Å². The standard InChI is InChI=1S/C16H16F2N2O2/c1-10-6-7-11(8-14(10)18)20-16(22)19-9-15(21)12-4-2-3-5-13(12)17/h2-8,15,21H,9H2,1H3,(H2,19,20,22)/t15-/m1/s1. The number of aliphatic hydroxyl groups excluding tert-OH is 1. The smallest absolute Gasteiger partial charge is 0.319 e. The van der Waals surface area contributed by atoms with Gasteiger partial charge in [0.1, 0.15) is 11.6 Å². The molecule has 0 spiro atoms. The number of carbonyl (C=O) groups is 1. The van der Waals surface area contributed by atoms with Crippen molar-refractivity contribution in [2.45, 2.75) is 13.0 Å². The quantitative estimate of drug-likeness (QED) is 0.812. The number of benzene rings is 2. The van der Waals surface area contributed by atoms with Gasteiger partial charge in [-0.25, -0.2) is 13.6 Å². The van der Waals surface area contributed by atoms with Crippen molar-refractivity contribution in [3.05, 3.63) is 65.2 Å². The fourth-order valence-electron chi connectivity index (χ4n) is 1.89. The first-order valence-corrected chi connectivity index (χ1v) is 6.71. The van der Waals surface area contributed by atoms with Crippen molar-refractivity contribution in [1.29, 1.82) is 0 Å². The van der Waals surface area contributed by atoms with Crippen molar-refractivity contribution in [3.63, 3.8) is 0 Å². The molecular weight excluding hydrogens is 290 g/mol. The monoisotopic (exact) mass is 306 g/mol. The summed E-state index contributed by atoms with van der Waals surface area (Å²) in [5.74, 6) is -0.970. The average molecular weight is 306 g/mol. The molecule has 0 aliphatic heterocycles. The predicted octanol–water partition coefficient (Wildman–Crippen LogP) is 3.13. The van der Waals surface area contributed by atoms with Gasteiger partial charge in [0.05, 0.1) is 6.10 Å². The molecule has 116 valence electrons. The zero-order chi connectivity index (χ0) is 16.1. The summed E-state index contributed by atoms with van der Waals surface area (Å²) in [5, 5.41) is 14.7. The van der Waals surface area contributed by atoms with E-state index in [0.29, 0.717) is 11.3 Å². The summed E-state index contributed by atoms with van der Waals surface area (Å²) in [4.78, 5) is 11.7. The van der Waals surface area contributed by atoms with E-state index in [4.69, 9.17) is 0 Å². The van der Waals surface area contributed by atoms with Crippen molar-refractivity contribution in [2.24, 2.45) is 0 Å². The molecule has 0 radical (unpaired) electrons. The van der Waals surface area contributed by atoms with Gasteiger partial charge in [0, 0.05) is 17.8 Å². The first-order valence-electron chi connectivity index (χ1n) is 6.71. The second kappa shape index (κ2) is 7.00. The third-order valence-corrected chi connectivity index (χ3v) is 3.15. The summed E-state index contributed by atoms with van der Waals surface area (Å²) >= 11 is 0. The van der Waals surface area contributed by atoms with Crippen LogP contribution < -0.4 is 10.6 Å². The zero-order valence-electron chi connectivity index (χ0n) is 11.9. The van der Waals surface area contributed by atoms with Crippen LogP contribution >= 0.6 is 0 Å². The molecule has 0 fully saturated rings. The SMILES string of the molecule is Cc1ccc(NC(=O)NC[C@@H](O)c2ccccc2F)cc1F. The van der Waals surface area contributed by atoms with Gasteiger partial charge in [0.2, 0.25) is 0 Å². The maximum absolute atomic E-state index is 13.5. The number of hydrogen-bond acceptors (Lipinski definition) is 2. The summed E-state index contributed by atoms with van der Waals surface area (Å²) in [6.07, 6.45) is -1.17. The Morgan fingerprint density at radius 3 is 2.59 bits per heavy atom. The highest BCUT2D eigenvalue weighted by molar-refractivity contribution is 5.89. The van der Waals surface area contributed by atoms with Crippen LogP contribution in [-0.4, -0.2) is 17.7 Å². The summed E-state index contributed by atoms with van der Waals surface area (Å²) in [6.45, 7) is 1.45. The Hall–Kier alpha value is -2.47. The van der Waals surface area contributed by atoms with Gasteiger partial charge in [0.15, 0.2) is 0 Å². The second-order valence-electron chi connectivity index (χ2n) is 4.84. The fourth-order valence-corrected chi connectivity index (χ4v) is 1.89. The third-order valence-electron chi connectivity index (χ3n) is 3.15. The molecule has 4 nitrogen and oxygen atoms in total. The zero-order valence-corrected chi connectivity index (χ0v) is 11.9. The molecule has 2 aromatic carbocycles. The minimum Gasteiger partial charge on any atom is -0.386 e. The molecule has 0 aromatic heterocycles. The van der Waals surface area contributed by atoms with E-state index in [0.717, 1.165) is 0 Å². The molecular formula is C16H16F2N2O2. The van der Waals surface area contributed by atoms with Gasteiger partial charge in [-0.1, -0.05) is 24.3 Å². The molecule has 0 unspecified atom stereocenters. The normalized spacial score (nSPS) is 11.8. The molecule has 2 aromatic rings. The van der Waals surface area contributed by atoms with Gasteiger partial charge >= 0.3 is 6.03 Å². The Morgan fingerprint density at radius 2 is 1.91 bits per heavy atom. The fraction of sp³-hybridized carbons (Fsp3) is 0.188. The van der Waals surface area contributed by atoms with Crippen LogP contribution in [0.3, 0.4) is 0 Å². The molecule has 0 saturated carbocycles. The van der Waals surface area contributed by atoms with Crippen LogP contribution in [0.5, 0.6) is 0 Å². The van der Waals surface area contributed by atoms with Crippen LogP contribution in [0.2, 0.25) is 0 Å². The van der Waals surface area contributed by atoms with Crippen molar-refractivity contribution in [3.8, 4) is 0 Å². The van der Waals surface area contributed by atoms with Gasteiger partial charge < -0.3 is 15.7 Å². The van der Waals surface area contributed by atoms with E-state index in [1.165, 1.54) is 24.3 Å². The molecule has 6 heteroatoms. The predicted molar refractivity (Wildman–Crippen MR) is 79.5 cm³/mol. The van der Waals surface area contributed by atoms with Crippen molar-refractivity contribution >= 4 is 11.7 Å². The summed E-state index contributed by atoms with van der Waals surface area (Å²) in [7, 11) is 0. The van der Waals surface area contributed by atoms with Gasteiger partial charge in [0.25, 0.3) is 0 Å². The van der Waals surface area contributed by atoms with E-state index in [2.05, 4.69) is 10.6 Å². The molecule has 0 saturated heterocycles. The second-order valence-corrected chi connectivity index (χ2v) is 4.84. The number of halogens is 2. The van der Waals surface area contributed by atoms with E-state index in [9.17, 15) is 18.7 Å². The Labute approximate surface area is 126 Å². The number of aliphatic hydroxyl groups is 1. The molecule has 22 heavy (non-hydrogen) atoms. The van der Waals surface area contributed by atoms with Crippen molar-refractivity contribution in [2.75, 3.05) is 11.9 Å². The lowest BCUT2D eigenvalue weighted by Gasteiger charge is -2.13. The molecule has 0 heterocycles. The summed E-state index contributed by atoms with van der Waals surface area (Å²) in [6, 6.07) is 9.46. The maximum Gasteiger partial charge on any atom is 0.319 e. The molecule has 1 atom stereocenters. The average Bonchev–Trinajstić information content (AvgIpc) is 2.49. The summed E-state index contributed by atoms with van der Waals surface area (Å²) in [5.41, 5.74) is 0.867. The third kappa shape index (κ3) is 4.02. The van der Waals surface area contributed by atoms with Crippen LogP contribution in [0, 0.1) is 18.6 Å². The van der Waals surface area contributed by atoms with Crippen LogP contribution in [0.15, 0.2) is 42.5 Å². The number of carbonyl (C=O) groups excluding carboxylic acids is 1. The molecule has 2 amide bonds. The van der Waals surface area contributed by atoms with E-state index in [1.54, 1.807) is 25.1 Å². The Bertz CT molecular complexity index is 677. The van der Waals surface area contributed by atoms with Crippen molar-refractivity contribution < 1.29 is 18.7 Å². The minimum absolute atomic E-state index is 0.101. The number of anilines is 1.